The van der Waals surface area contributed by atoms with E-state index in [1.165, 1.54) is 48.8 Å². The molecule has 0 unspecified atom stereocenters. The number of aromatic nitrogens is 2. The van der Waals surface area contributed by atoms with E-state index in [1.807, 2.05) is 16.8 Å². The molecular formula is C18H14F2N2O5S. The second kappa shape index (κ2) is 9.09. The molecule has 2 aromatic heterocycles. The molecule has 3 rings (SSSR count). The van der Waals surface area contributed by atoms with Gasteiger partial charge in [-0.25, -0.2) is 4.79 Å². The topological polar surface area (TPSA) is 83.7 Å². The number of alkyl halides is 2. The first-order valence-electron chi connectivity index (χ1n) is 7.88. The van der Waals surface area contributed by atoms with Gasteiger partial charge in [0, 0.05) is 11.5 Å². The largest absolute Gasteiger partial charge is 0.493 e. The predicted molar refractivity (Wildman–Crippen MR) is 96.1 cm³/mol. The fraction of sp³-hybridized carbons (Fsp3) is 0.167. The number of thiophene rings is 1. The third kappa shape index (κ3) is 5.13. The van der Waals surface area contributed by atoms with E-state index in [1.54, 1.807) is 0 Å². The van der Waals surface area contributed by atoms with Crippen molar-refractivity contribution in [1.82, 2.24) is 10.1 Å². The molecule has 0 saturated carbocycles. The summed E-state index contributed by atoms with van der Waals surface area (Å²) in [7, 11) is 1.32. The third-order valence-electron chi connectivity index (χ3n) is 3.40. The summed E-state index contributed by atoms with van der Waals surface area (Å²) in [5, 5.41) is 7.48. The van der Waals surface area contributed by atoms with Crippen molar-refractivity contribution in [3.63, 3.8) is 0 Å². The molecule has 0 N–H and O–H groups in total. The Hall–Kier alpha value is -3.27. The molecule has 2 heterocycles. The van der Waals surface area contributed by atoms with Crippen LogP contribution in [-0.4, -0.2) is 29.8 Å². The molecule has 0 spiro atoms. The van der Waals surface area contributed by atoms with Gasteiger partial charge >= 0.3 is 12.6 Å². The van der Waals surface area contributed by atoms with Gasteiger partial charge in [-0.15, -0.1) is 0 Å². The number of nitrogens with zero attached hydrogens (tertiary/aromatic N) is 2. The van der Waals surface area contributed by atoms with E-state index in [4.69, 9.17) is 14.0 Å². The minimum absolute atomic E-state index is 0.101. The van der Waals surface area contributed by atoms with Gasteiger partial charge < -0.3 is 18.7 Å². The Morgan fingerprint density at radius 3 is 2.89 bits per heavy atom. The van der Waals surface area contributed by atoms with Crippen molar-refractivity contribution in [2.24, 2.45) is 0 Å². The summed E-state index contributed by atoms with van der Waals surface area (Å²) in [4.78, 5) is 16.0. The number of rotatable bonds is 8. The molecule has 0 bridgehead atoms. The number of carbonyl (C=O) groups is 1. The monoisotopic (exact) mass is 408 g/mol. The Kier molecular flexibility index (Phi) is 6.33. The molecule has 0 aliphatic heterocycles. The van der Waals surface area contributed by atoms with E-state index in [0.717, 1.165) is 5.56 Å². The number of ether oxygens (including phenoxy) is 3. The van der Waals surface area contributed by atoms with Crippen LogP contribution in [0.2, 0.25) is 0 Å². The van der Waals surface area contributed by atoms with Crippen LogP contribution < -0.4 is 9.47 Å². The first kappa shape index (κ1) is 19.5. The standard InChI is InChI=1S/C18H14F2N2O5S/c1-24-14-8-11(2-4-13(14)26-18(19)20)3-5-16(23)25-9-15-21-17(27-22-15)12-6-7-28-10-12/h2-8,10,18H,9H2,1H3/b5-3+. The van der Waals surface area contributed by atoms with Crippen LogP contribution in [0, 0.1) is 0 Å². The van der Waals surface area contributed by atoms with Gasteiger partial charge in [0.15, 0.2) is 18.1 Å². The minimum atomic E-state index is -2.96. The molecule has 28 heavy (non-hydrogen) atoms. The molecule has 0 aliphatic rings. The van der Waals surface area contributed by atoms with Crippen LogP contribution in [0.15, 0.2) is 45.6 Å². The highest BCUT2D eigenvalue weighted by atomic mass is 32.1. The SMILES string of the molecule is COc1cc(/C=C/C(=O)OCc2noc(-c3ccsc3)n2)ccc1OC(F)F. The van der Waals surface area contributed by atoms with Gasteiger partial charge in [-0.1, -0.05) is 11.2 Å². The number of hydrogen-bond acceptors (Lipinski definition) is 8. The molecule has 0 atom stereocenters. The number of hydrogen-bond donors (Lipinski definition) is 0. The lowest BCUT2D eigenvalue weighted by Crippen LogP contribution is -2.03. The van der Waals surface area contributed by atoms with Gasteiger partial charge in [-0.3, -0.25) is 0 Å². The van der Waals surface area contributed by atoms with E-state index in [2.05, 4.69) is 14.9 Å². The van der Waals surface area contributed by atoms with Crippen molar-refractivity contribution in [3.8, 4) is 23.0 Å². The van der Waals surface area contributed by atoms with Gasteiger partial charge in [0.1, 0.15) is 0 Å². The van der Waals surface area contributed by atoms with Crippen LogP contribution in [0.25, 0.3) is 17.5 Å². The van der Waals surface area contributed by atoms with Crippen LogP contribution >= 0.6 is 11.3 Å². The van der Waals surface area contributed by atoms with Crippen LogP contribution in [0.4, 0.5) is 8.78 Å². The van der Waals surface area contributed by atoms with Crippen molar-refractivity contribution in [3.05, 3.63) is 52.5 Å². The highest BCUT2D eigenvalue weighted by molar-refractivity contribution is 7.08. The molecule has 0 aliphatic carbocycles. The second-order valence-corrected chi connectivity index (χ2v) is 6.04. The molecule has 146 valence electrons. The normalized spacial score (nSPS) is 11.1. The number of carbonyl (C=O) groups excluding carboxylic acids is 1. The summed E-state index contributed by atoms with van der Waals surface area (Å²) in [6.07, 6.45) is 2.63. The summed E-state index contributed by atoms with van der Waals surface area (Å²) >= 11 is 1.50. The Balaban J connectivity index is 1.56. The Labute approximate surface area is 162 Å². The Bertz CT molecular complexity index is 957. The average molecular weight is 408 g/mol. The molecule has 0 amide bonds. The minimum Gasteiger partial charge on any atom is -0.493 e. The van der Waals surface area contributed by atoms with E-state index >= 15 is 0 Å². The number of methoxy groups -OCH3 is 1. The maximum Gasteiger partial charge on any atom is 0.387 e. The smallest absolute Gasteiger partial charge is 0.387 e. The summed E-state index contributed by atoms with van der Waals surface area (Å²) in [5.74, 6) is -0.0350. The summed E-state index contributed by atoms with van der Waals surface area (Å²) in [6.45, 7) is -3.11. The summed E-state index contributed by atoms with van der Waals surface area (Å²) < 4.78 is 44.1. The number of esters is 1. The first-order chi connectivity index (χ1) is 13.5. The number of benzene rings is 1. The lowest BCUT2D eigenvalue weighted by atomic mass is 10.2. The molecule has 10 heteroatoms. The van der Waals surface area contributed by atoms with Crippen molar-refractivity contribution < 1.29 is 32.3 Å². The van der Waals surface area contributed by atoms with Gasteiger partial charge in [0.2, 0.25) is 5.82 Å². The van der Waals surface area contributed by atoms with Crippen molar-refractivity contribution in [2.45, 2.75) is 13.2 Å². The fourth-order valence-electron chi connectivity index (χ4n) is 2.15. The molecule has 7 nitrogen and oxygen atoms in total. The van der Waals surface area contributed by atoms with Crippen LogP contribution in [-0.2, 0) is 16.1 Å². The molecule has 0 saturated heterocycles. The maximum atomic E-state index is 12.3. The Morgan fingerprint density at radius 2 is 2.18 bits per heavy atom. The fourth-order valence-corrected chi connectivity index (χ4v) is 2.77. The van der Waals surface area contributed by atoms with Crippen LogP contribution in [0.5, 0.6) is 11.5 Å². The van der Waals surface area contributed by atoms with Gasteiger partial charge in [-0.2, -0.15) is 25.1 Å². The molecular weight excluding hydrogens is 394 g/mol. The van der Waals surface area contributed by atoms with E-state index < -0.39 is 12.6 Å². The van der Waals surface area contributed by atoms with E-state index in [9.17, 15) is 13.6 Å². The van der Waals surface area contributed by atoms with E-state index in [-0.39, 0.29) is 23.9 Å². The van der Waals surface area contributed by atoms with Gasteiger partial charge in [-0.05, 0) is 35.2 Å². The van der Waals surface area contributed by atoms with Crippen LogP contribution in [0.3, 0.4) is 0 Å². The summed E-state index contributed by atoms with van der Waals surface area (Å²) in [6, 6.07) is 6.11. The quantitative estimate of drug-likeness (QED) is 0.409. The zero-order valence-corrected chi connectivity index (χ0v) is 15.3. The summed E-state index contributed by atoms with van der Waals surface area (Å²) in [5.41, 5.74) is 1.33. The predicted octanol–water partition coefficient (Wildman–Crippen LogP) is 4.16. The molecule has 0 radical (unpaired) electrons. The third-order valence-corrected chi connectivity index (χ3v) is 4.08. The van der Waals surface area contributed by atoms with Gasteiger partial charge in [0.05, 0.1) is 12.7 Å². The molecule has 3 aromatic rings. The zero-order chi connectivity index (χ0) is 19.9. The van der Waals surface area contributed by atoms with Crippen LogP contribution in [0.1, 0.15) is 11.4 Å². The maximum absolute atomic E-state index is 12.3. The average Bonchev–Trinajstić information content (AvgIpc) is 3.36. The highest BCUT2D eigenvalue weighted by Gasteiger charge is 2.12. The van der Waals surface area contributed by atoms with Gasteiger partial charge in [0.25, 0.3) is 5.89 Å². The molecule has 1 aromatic carbocycles. The lowest BCUT2D eigenvalue weighted by molar-refractivity contribution is -0.139. The second-order valence-electron chi connectivity index (χ2n) is 5.26. The lowest BCUT2D eigenvalue weighted by Gasteiger charge is -2.10. The first-order valence-corrected chi connectivity index (χ1v) is 8.82. The molecule has 0 fully saturated rings. The Morgan fingerprint density at radius 1 is 1.32 bits per heavy atom. The van der Waals surface area contributed by atoms with Crippen molar-refractivity contribution in [1.29, 1.82) is 0 Å². The zero-order valence-electron chi connectivity index (χ0n) is 14.5. The van der Waals surface area contributed by atoms with Crippen molar-refractivity contribution >= 4 is 23.4 Å². The number of halogens is 2. The van der Waals surface area contributed by atoms with E-state index in [0.29, 0.717) is 11.5 Å². The van der Waals surface area contributed by atoms with Crippen molar-refractivity contribution in [2.75, 3.05) is 7.11 Å². The highest BCUT2D eigenvalue weighted by Crippen LogP contribution is 2.29.